The first kappa shape index (κ1) is 16.4. The summed E-state index contributed by atoms with van der Waals surface area (Å²) in [6, 6.07) is 0. The predicted molar refractivity (Wildman–Crippen MR) is 79.6 cm³/mol. The summed E-state index contributed by atoms with van der Waals surface area (Å²) in [5, 5.41) is 3.99. The van der Waals surface area contributed by atoms with Gasteiger partial charge in [-0.25, -0.2) is 13.1 Å². The molecule has 7 nitrogen and oxygen atoms in total. The molecule has 1 aliphatic heterocycles. The van der Waals surface area contributed by atoms with Crippen LogP contribution in [-0.2, 0) is 21.3 Å². The molecule has 1 aromatic heterocycles. The summed E-state index contributed by atoms with van der Waals surface area (Å²) < 4.78 is 34.1. The number of rotatable bonds is 7. The summed E-state index contributed by atoms with van der Waals surface area (Å²) in [4.78, 5) is 2.53. The minimum absolute atomic E-state index is 0.0970. The summed E-state index contributed by atoms with van der Waals surface area (Å²) in [5.41, 5.74) is 0. The van der Waals surface area contributed by atoms with Crippen molar-refractivity contribution < 1.29 is 13.2 Å². The van der Waals surface area contributed by atoms with Crippen LogP contribution in [0, 0.1) is 0 Å². The van der Waals surface area contributed by atoms with E-state index in [4.69, 9.17) is 4.74 Å². The van der Waals surface area contributed by atoms with E-state index in [1.807, 2.05) is 6.92 Å². The Morgan fingerprint density at radius 2 is 2.24 bits per heavy atom. The molecule has 21 heavy (non-hydrogen) atoms. The van der Waals surface area contributed by atoms with Crippen LogP contribution in [0.15, 0.2) is 17.3 Å². The average molecular weight is 316 g/mol. The Bertz CT molecular complexity index is 543. The van der Waals surface area contributed by atoms with Gasteiger partial charge < -0.3 is 4.74 Å². The van der Waals surface area contributed by atoms with Gasteiger partial charge in [-0.2, -0.15) is 5.10 Å². The smallest absolute Gasteiger partial charge is 0.243 e. The lowest BCUT2D eigenvalue weighted by molar-refractivity contribution is -0.0292. The predicted octanol–water partition coefficient (Wildman–Crippen LogP) is 0.292. The number of hydrogen-bond acceptors (Lipinski definition) is 5. The van der Waals surface area contributed by atoms with Crippen molar-refractivity contribution in [2.75, 3.05) is 32.8 Å². The highest BCUT2D eigenvalue weighted by Crippen LogP contribution is 2.10. The van der Waals surface area contributed by atoms with E-state index < -0.39 is 10.0 Å². The van der Waals surface area contributed by atoms with Gasteiger partial charge in [0.2, 0.25) is 10.0 Å². The molecule has 0 amide bonds. The van der Waals surface area contributed by atoms with E-state index in [-0.39, 0.29) is 11.0 Å². The number of sulfonamides is 1. The van der Waals surface area contributed by atoms with Crippen LogP contribution in [0.2, 0.25) is 0 Å². The minimum atomic E-state index is -3.47. The number of morpholine rings is 1. The third-order valence-electron chi connectivity index (χ3n) is 3.67. The number of nitrogens with zero attached hydrogens (tertiary/aromatic N) is 3. The zero-order valence-electron chi connectivity index (χ0n) is 12.7. The SMILES string of the molecule is CCN1CCO[C@@H](CCNS(=O)(=O)c2cnn(CC)c2)C1. The molecule has 0 unspecified atom stereocenters. The van der Waals surface area contributed by atoms with Crippen LogP contribution in [0.3, 0.4) is 0 Å². The largest absolute Gasteiger partial charge is 0.376 e. The van der Waals surface area contributed by atoms with Crippen molar-refractivity contribution in [3.8, 4) is 0 Å². The Morgan fingerprint density at radius 1 is 1.43 bits per heavy atom. The van der Waals surface area contributed by atoms with Crippen LogP contribution < -0.4 is 4.72 Å². The fourth-order valence-electron chi connectivity index (χ4n) is 2.34. The van der Waals surface area contributed by atoms with E-state index in [1.54, 1.807) is 4.68 Å². The fourth-order valence-corrected chi connectivity index (χ4v) is 3.34. The third kappa shape index (κ3) is 4.50. The maximum absolute atomic E-state index is 12.1. The van der Waals surface area contributed by atoms with Gasteiger partial charge in [0.05, 0.1) is 18.9 Å². The Morgan fingerprint density at radius 3 is 2.90 bits per heavy atom. The lowest BCUT2D eigenvalue weighted by Gasteiger charge is -2.32. The monoisotopic (exact) mass is 316 g/mol. The molecule has 1 N–H and O–H groups in total. The molecule has 1 aliphatic rings. The van der Waals surface area contributed by atoms with Crippen LogP contribution in [0.25, 0.3) is 0 Å². The topological polar surface area (TPSA) is 76.5 Å². The molecule has 120 valence electrons. The zero-order chi connectivity index (χ0) is 15.3. The van der Waals surface area contributed by atoms with Crippen molar-refractivity contribution in [1.29, 1.82) is 0 Å². The van der Waals surface area contributed by atoms with Crippen molar-refractivity contribution >= 4 is 10.0 Å². The Balaban J connectivity index is 1.82. The molecule has 0 spiro atoms. The second kappa shape index (κ2) is 7.35. The zero-order valence-corrected chi connectivity index (χ0v) is 13.5. The second-order valence-corrected chi connectivity index (χ2v) is 6.87. The first-order valence-corrected chi connectivity index (χ1v) is 8.89. The van der Waals surface area contributed by atoms with E-state index in [0.29, 0.717) is 26.1 Å². The van der Waals surface area contributed by atoms with Crippen LogP contribution in [-0.4, -0.2) is 62.0 Å². The maximum atomic E-state index is 12.1. The van der Waals surface area contributed by atoms with Gasteiger partial charge in [-0.05, 0) is 19.9 Å². The molecule has 0 aliphatic carbocycles. The van der Waals surface area contributed by atoms with E-state index in [2.05, 4.69) is 21.6 Å². The fraction of sp³-hybridized carbons (Fsp3) is 0.769. The Labute approximate surface area is 126 Å². The first-order chi connectivity index (χ1) is 10.0. The van der Waals surface area contributed by atoms with E-state index in [1.165, 1.54) is 12.4 Å². The molecule has 1 aromatic rings. The van der Waals surface area contributed by atoms with Gasteiger partial charge in [0.25, 0.3) is 0 Å². The van der Waals surface area contributed by atoms with Gasteiger partial charge in [-0.3, -0.25) is 9.58 Å². The van der Waals surface area contributed by atoms with Crippen molar-refractivity contribution in [1.82, 2.24) is 19.4 Å². The molecule has 0 aromatic carbocycles. The molecule has 8 heteroatoms. The van der Waals surface area contributed by atoms with Crippen LogP contribution in [0.4, 0.5) is 0 Å². The maximum Gasteiger partial charge on any atom is 0.243 e. The number of hydrogen-bond donors (Lipinski definition) is 1. The highest BCUT2D eigenvalue weighted by Gasteiger charge is 2.21. The number of ether oxygens (including phenoxy) is 1. The summed E-state index contributed by atoms with van der Waals surface area (Å²) in [6.45, 7) is 8.60. The van der Waals surface area contributed by atoms with Crippen LogP contribution in [0.1, 0.15) is 20.3 Å². The van der Waals surface area contributed by atoms with E-state index in [0.717, 1.165) is 19.6 Å². The standard InChI is InChI=1S/C13H24N4O3S/c1-3-16-7-8-20-12(10-16)5-6-15-21(18,19)13-9-14-17(4-2)11-13/h9,11-12,15H,3-8,10H2,1-2H3/t12-/m0/s1. The quantitative estimate of drug-likeness (QED) is 0.782. The van der Waals surface area contributed by atoms with Gasteiger partial charge in [-0.1, -0.05) is 6.92 Å². The molecular formula is C13H24N4O3S. The Kier molecular flexibility index (Phi) is 5.74. The first-order valence-electron chi connectivity index (χ1n) is 7.41. The molecule has 0 bridgehead atoms. The highest BCUT2D eigenvalue weighted by molar-refractivity contribution is 7.89. The van der Waals surface area contributed by atoms with Gasteiger partial charge in [0.15, 0.2) is 0 Å². The average Bonchev–Trinajstić information content (AvgIpc) is 2.97. The van der Waals surface area contributed by atoms with Crippen molar-refractivity contribution in [3.63, 3.8) is 0 Å². The van der Waals surface area contributed by atoms with Crippen LogP contribution >= 0.6 is 0 Å². The highest BCUT2D eigenvalue weighted by atomic mass is 32.2. The van der Waals surface area contributed by atoms with Gasteiger partial charge in [0, 0.05) is 32.4 Å². The molecule has 2 heterocycles. The number of aryl methyl sites for hydroxylation is 1. The Hall–Kier alpha value is -0.960. The molecule has 0 radical (unpaired) electrons. The minimum Gasteiger partial charge on any atom is -0.376 e. The van der Waals surface area contributed by atoms with Gasteiger partial charge in [0.1, 0.15) is 4.90 Å². The molecule has 0 saturated carbocycles. The lowest BCUT2D eigenvalue weighted by atomic mass is 10.2. The van der Waals surface area contributed by atoms with Crippen molar-refractivity contribution in [3.05, 3.63) is 12.4 Å². The van der Waals surface area contributed by atoms with E-state index in [9.17, 15) is 8.42 Å². The van der Waals surface area contributed by atoms with Crippen molar-refractivity contribution in [2.24, 2.45) is 0 Å². The summed E-state index contributed by atoms with van der Waals surface area (Å²) in [6.07, 6.45) is 3.69. The molecule has 1 fully saturated rings. The van der Waals surface area contributed by atoms with Gasteiger partial charge >= 0.3 is 0 Å². The molecule has 1 atom stereocenters. The molecular weight excluding hydrogens is 292 g/mol. The number of aromatic nitrogens is 2. The summed E-state index contributed by atoms with van der Waals surface area (Å²) >= 11 is 0. The number of nitrogens with one attached hydrogen (secondary N) is 1. The normalized spacial score (nSPS) is 20.8. The van der Waals surface area contributed by atoms with Crippen LogP contribution in [0.5, 0.6) is 0 Å². The van der Waals surface area contributed by atoms with Crippen molar-refractivity contribution in [2.45, 2.75) is 37.8 Å². The van der Waals surface area contributed by atoms with E-state index >= 15 is 0 Å². The third-order valence-corrected chi connectivity index (χ3v) is 5.09. The number of likely N-dealkylation sites (N-methyl/N-ethyl adjacent to an activating group) is 1. The summed E-state index contributed by atoms with van der Waals surface area (Å²) in [5.74, 6) is 0. The lowest BCUT2D eigenvalue weighted by Crippen LogP contribution is -2.43. The second-order valence-electron chi connectivity index (χ2n) is 5.10. The summed E-state index contributed by atoms with van der Waals surface area (Å²) in [7, 11) is -3.47. The molecule has 1 saturated heterocycles. The molecule has 2 rings (SSSR count). The van der Waals surface area contributed by atoms with Gasteiger partial charge in [-0.15, -0.1) is 0 Å².